The molecule has 0 heterocycles. The molecule has 4 N–H and O–H groups in total. The van der Waals surface area contributed by atoms with Crippen LogP contribution in [0.1, 0.15) is 239 Å². The molecule has 2 atom stereocenters. The van der Waals surface area contributed by atoms with Crippen LogP contribution in [-0.2, 0) is 0 Å². The van der Waals surface area contributed by atoms with Crippen molar-refractivity contribution in [3.8, 4) is 0 Å². The summed E-state index contributed by atoms with van der Waals surface area (Å²) in [5.74, 6) is 0. The van der Waals surface area contributed by atoms with Crippen LogP contribution in [0, 0.1) is 0 Å². The number of unbranched alkanes of at least 4 members (excludes halogenated alkanes) is 26. The predicted molar refractivity (Wildman–Crippen MR) is 195 cm³/mol. The third-order valence-electron chi connectivity index (χ3n) is 9.16. The average Bonchev–Trinajstić information content (AvgIpc) is 3.01. The SMILES string of the molecule is CCCCCCCCCCCCCCC(O)CCCCCC.CCCCCCCCCCCCCCC(O)CCCCN. The summed E-state index contributed by atoms with van der Waals surface area (Å²) in [5.41, 5.74) is 5.45. The minimum absolute atomic E-state index is 0.0278. The molecule has 0 bridgehead atoms. The van der Waals surface area contributed by atoms with Gasteiger partial charge in [-0.1, -0.05) is 201 Å². The number of nitrogens with two attached hydrogens (primary N) is 1. The first kappa shape index (κ1) is 45.0. The average molecular weight is 612 g/mol. The fourth-order valence-corrected chi connectivity index (χ4v) is 6.06. The van der Waals surface area contributed by atoms with Gasteiger partial charge in [0.25, 0.3) is 0 Å². The highest BCUT2D eigenvalue weighted by Crippen LogP contribution is 2.16. The van der Waals surface area contributed by atoms with E-state index in [0.717, 1.165) is 45.1 Å². The van der Waals surface area contributed by atoms with Crippen molar-refractivity contribution in [2.75, 3.05) is 6.54 Å². The van der Waals surface area contributed by atoms with Crippen molar-refractivity contribution < 1.29 is 10.2 Å². The molecule has 0 aliphatic heterocycles. The lowest BCUT2D eigenvalue weighted by molar-refractivity contribution is 0.147. The Morgan fingerprint density at radius 1 is 0.302 bits per heavy atom. The van der Waals surface area contributed by atoms with E-state index in [2.05, 4.69) is 20.8 Å². The van der Waals surface area contributed by atoms with Gasteiger partial charge in [0.1, 0.15) is 0 Å². The maximum absolute atomic E-state index is 9.91. The fraction of sp³-hybridized carbons (Fsp3) is 1.00. The molecule has 0 radical (unpaired) electrons. The molecule has 3 heteroatoms. The second kappa shape index (κ2) is 41.9. The summed E-state index contributed by atoms with van der Waals surface area (Å²) in [6.07, 6.45) is 44.5. The van der Waals surface area contributed by atoms with Crippen LogP contribution in [0.25, 0.3) is 0 Å². The Bertz CT molecular complexity index is 458. The molecule has 0 aliphatic carbocycles. The van der Waals surface area contributed by atoms with Crippen molar-refractivity contribution in [3.05, 3.63) is 0 Å². The molecule has 262 valence electrons. The summed E-state index contributed by atoms with van der Waals surface area (Å²) in [6.45, 7) is 7.55. The highest BCUT2D eigenvalue weighted by atomic mass is 16.3. The zero-order valence-electron chi connectivity index (χ0n) is 30.4. The molecule has 0 saturated heterocycles. The van der Waals surface area contributed by atoms with Gasteiger partial charge in [0.05, 0.1) is 12.2 Å². The van der Waals surface area contributed by atoms with E-state index in [4.69, 9.17) is 5.73 Å². The van der Waals surface area contributed by atoms with E-state index >= 15 is 0 Å². The fourth-order valence-electron chi connectivity index (χ4n) is 6.06. The Morgan fingerprint density at radius 3 is 0.721 bits per heavy atom. The summed E-state index contributed by atoms with van der Waals surface area (Å²) in [4.78, 5) is 0. The molecule has 0 aromatic heterocycles. The first-order chi connectivity index (χ1) is 21.1. The molecule has 0 saturated carbocycles. The predicted octanol–water partition coefficient (Wildman–Crippen LogP) is 13.0. The van der Waals surface area contributed by atoms with Gasteiger partial charge in [-0.05, 0) is 45.1 Å². The molecular formula is C40H85NO2. The third-order valence-corrected chi connectivity index (χ3v) is 9.16. The van der Waals surface area contributed by atoms with Crippen LogP contribution >= 0.6 is 0 Å². The van der Waals surface area contributed by atoms with Crippen molar-refractivity contribution >= 4 is 0 Å². The third kappa shape index (κ3) is 44.1. The molecule has 0 spiro atoms. The van der Waals surface area contributed by atoms with E-state index in [0.29, 0.717) is 0 Å². The van der Waals surface area contributed by atoms with Gasteiger partial charge >= 0.3 is 0 Å². The summed E-state index contributed by atoms with van der Waals surface area (Å²) >= 11 is 0. The van der Waals surface area contributed by atoms with Gasteiger partial charge < -0.3 is 15.9 Å². The lowest BCUT2D eigenvalue weighted by Crippen LogP contribution is -2.07. The van der Waals surface area contributed by atoms with Crippen molar-refractivity contribution in [3.63, 3.8) is 0 Å². The van der Waals surface area contributed by atoms with Gasteiger partial charge in [0, 0.05) is 0 Å². The molecule has 0 aromatic rings. The van der Waals surface area contributed by atoms with E-state index in [9.17, 15) is 10.2 Å². The van der Waals surface area contributed by atoms with E-state index in [-0.39, 0.29) is 12.2 Å². The quantitative estimate of drug-likeness (QED) is 0.0624. The highest BCUT2D eigenvalue weighted by molar-refractivity contribution is 4.58. The molecule has 0 fully saturated rings. The number of hydrogen-bond donors (Lipinski definition) is 3. The monoisotopic (exact) mass is 612 g/mol. The lowest BCUT2D eigenvalue weighted by atomic mass is 10.0. The number of aliphatic hydroxyl groups is 2. The van der Waals surface area contributed by atoms with Gasteiger partial charge in [-0.25, -0.2) is 0 Å². The summed E-state index contributed by atoms with van der Waals surface area (Å²) in [7, 11) is 0. The van der Waals surface area contributed by atoms with Crippen molar-refractivity contribution in [2.45, 2.75) is 251 Å². The normalized spacial score (nSPS) is 12.7. The van der Waals surface area contributed by atoms with Crippen molar-refractivity contribution in [2.24, 2.45) is 5.73 Å². The second-order valence-corrected chi connectivity index (χ2v) is 13.8. The van der Waals surface area contributed by atoms with E-state index in [1.54, 1.807) is 0 Å². The van der Waals surface area contributed by atoms with Gasteiger partial charge in [-0.15, -0.1) is 0 Å². The first-order valence-corrected chi connectivity index (χ1v) is 20.2. The zero-order chi connectivity index (χ0) is 31.9. The lowest BCUT2D eigenvalue weighted by Gasteiger charge is -2.10. The van der Waals surface area contributed by atoms with Gasteiger partial charge in [0.2, 0.25) is 0 Å². The Hall–Kier alpha value is -0.120. The topological polar surface area (TPSA) is 66.5 Å². The van der Waals surface area contributed by atoms with Gasteiger partial charge in [0.15, 0.2) is 0 Å². The van der Waals surface area contributed by atoms with Crippen LogP contribution in [0.3, 0.4) is 0 Å². The first-order valence-electron chi connectivity index (χ1n) is 20.2. The van der Waals surface area contributed by atoms with Crippen LogP contribution in [-0.4, -0.2) is 29.0 Å². The summed E-state index contributed by atoms with van der Waals surface area (Å²) in [6, 6.07) is 0. The molecule has 43 heavy (non-hydrogen) atoms. The van der Waals surface area contributed by atoms with Crippen LogP contribution in [0.15, 0.2) is 0 Å². The van der Waals surface area contributed by atoms with E-state index in [1.165, 1.54) is 180 Å². The molecular weight excluding hydrogens is 526 g/mol. The highest BCUT2D eigenvalue weighted by Gasteiger charge is 2.04. The number of aliphatic hydroxyl groups excluding tert-OH is 2. The van der Waals surface area contributed by atoms with Crippen LogP contribution in [0.4, 0.5) is 0 Å². The number of rotatable bonds is 35. The maximum atomic E-state index is 9.91. The molecule has 0 rings (SSSR count). The van der Waals surface area contributed by atoms with Crippen LogP contribution < -0.4 is 5.73 Å². The Labute approximate surface area is 273 Å². The van der Waals surface area contributed by atoms with E-state index in [1.807, 2.05) is 0 Å². The minimum atomic E-state index is -0.0836. The van der Waals surface area contributed by atoms with Crippen LogP contribution in [0.5, 0.6) is 0 Å². The standard InChI is InChI=1S/C21H44O.C19H41NO/c1-3-5-7-9-10-11-12-13-14-15-16-18-20-21(22)19-17-8-6-4-2;1-2-3-4-5-6-7-8-9-10-11-12-13-16-19(21)17-14-15-18-20/h21-22H,3-20H2,1-2H3;19,21H,2-18,20H2,1H3. The molecule has 3 nitrogen and oxygen atoms in total. The molecule has 0 aliphatic rings. The number of hydrogen-bond acceptors (Lipinski definition) is 3. The van der Waals surface area contributed by atoms with E-state index < -0.39 is 0 Å². The zero-order valence-corrected chi connectivity index (χ0v) is 30.4. The van der Waals surface area contributed by atoms with Gasteiger partial charge in [-0.2, -0.15) is 0 Å². The molecule has 0 amide bonds. The van der Waals surface area contributed by atoms with Crippen molar-refractivity contribution in [1.82, 2.24) is 0 Å². The largest absolute Gasteiger partial charge is 0.393 e. The molecule has 0 aromatic carbocycles. The summed E-state index contributed by atoms with van der Waals surface area (Å²) < 4.78 is 0. The Kier molecular flexibility index (Phi) is 43.8. The minimum Gasteiger partial charge on any atom is -0.393 e. The van der Waals surface area contributed by atoms with Crippen molar-refractivity contribution in [1.29, 1.82) is 0 Å². The second-order valence-electron chi connectivity index (χ2n) is 13.8. The summed E-state index contributed by atoms with van der Waals surface area (Å²) in [5, 5.41) is 19.7. The Morgan fingerprint density at radius 2 is 0.488 bits per heavy atom. The maximum Gasteiger partial charge on any atom is 0.0540 e. The van der Waals surface area contributed by atoms with Gasteiger partial charge in [-0.3, -0.25) is 0 Å². The Balaban J connectivity index is 0. The smallest absolute Gasteiger partial charge is 0.0540 e. The molecule has 2 unspecified atom stereocenters. The van der Waals surface area contributed by atoms with Crippen LogP contribution in [0.2, 0.25) is 0 Å².